The van der Waals surface area contributed by atoms with Crippen molar-refractivity contribution in [3.8, 4) is 16.8 Å². The molecule has 0 atom stereocenters. The number of benzene rings is 3. The summed E-state index contributed by atoms with van der Waals surface area (Å²) in [6.07, 6.45) is 5.21. The monoisotopic (exact) mass is 377 g/mol. The van der Waals surface area contributed by atoms with E-state index in [4.69, 9.17) is 0 Å². The van der Waals surface area contributed by atoms with Crippen molar-refractivity contribution in [3.05, 3.63) is 120 Å². The average Bonchev–Trinajstić information content (AvgIpc) is 3.31. The molecule has 5 rings (SSSR count). The van der Waals surface area contributed by atoms with Crippen LogP contribution in [0.15, 0.2) is 108 Å². The Morgan fingerprint density at radius 1 is 0.793 bits per heavy atom. The van der Waals surface area contributed by atoms with Gasteiger partial charge in [-0.3, -0.25) is 4.79 Å². The highest BCUT2D eigenvalue weighted by Crippen LogP contribution is 2.32. The number of hydrogen-bond acceptors (Lipinski definition) is 2. The molecular formula is C25H19N3O. The molecule has 0 aliphatic carbocycles. The van der Waals surface area contributed by atoms with Crippen LogP contribution in [0.25, 0.3) is 27.7 Å². The van der Waals surface area contributed by atoms with E-state index in [1.165, 1.54) is 0 Å². The molecule has 4 nitrogen and oxygen atoms in total. The second-order valence-electron chi connectivity index (χ2n) is 6.95. The predicted molar refractivity (Wildman–Crippen MR) is 116 cm³/mol. The van der Waals surface area contributed by atoms with Crippen molar-refractivity contribution in [3.63, 3.8) is 0 Å². The van der Waals surface area contributed by atoms with E-state index in [9.17, 15) is 4.79 Å². The maximum absolute atomic E-state index is 13.8. The first-order valence-electron chi connectivity index (χ1n) is 9.56. The number of imidazole rings is 1. The second kappa shape index (κ2) is 7.24. The summed E-state index contributed by atoms with van der Waals surface area (Å²) >= 11 is 0. The van der Waals surface area contributed by atoms with Crippen molar-refractivity contribution in [2.45, 2.75) is 6.54 Å². The molecule has 0 aliphatic rings. The number of aromatic nitrogens is 3. The van der Waals surface area contributed by atoms with Gasteiger partial charge in [0, 0.05) is 23.3 Å². The number of nitrogens with zero attached hydrogens (tertiary/aromatic N) is 3. The Morgan fingerprint density at radius 2 is 1.48 bits per heavy atom. The SMILES string of the molecule is O=c1c(-n2ccnc2)c(-c2ccccc2)c2ccccc2n1Cc1ccccc1. The van der Waals surface area contributed by atoms with E-state index < -0.39 is 0 Å². The van der Waals surface area contributed by atoms with Crippen LogP contribution in [0.2, 0.25) is 0 Å². The number of fused-ring (bicyclic) bond motifs is 1. The highest BCUT2D eigenvalue weighted by Gasteiger charge is 2.19. The summed E-state index contributed by atoms with van der Waals surface area (Å²) in [6.45, 7) is 0.511. The van der Waals surface area contributed by atoms with Gasteiger partial charge < -0.3 is 9.13 Å². The van der Waals surface area contributed by atoms with Gasteiger partial charge in [-0.15, -0.1) is 0 Å². The van der Waals surface area contributed by atoms with E-state index >= 15 is 0 Å². The molecule has 2 aromatic heterocycles. The molecule has 2 heterocycles. The van der Waals surface area contributed by atoms with Crippen molar-refractivity contribution in [1.29, 1.82) is 0 Å². The summed E-state index contributed by atoms with van der Waals surface area (Å²) in [6, 6.07) is 28.2. The fourth-order valence-electron chi connectivity index (χ4n) is 3.84. The van der Waals surface area contributed by atoms with Crippen molar-refractivity contribution in [1.82, 2.24) is 14.1 Å². The van der Waals surface area contributed by atoms with Crippen LogP contribution in [0.4, 0.5) is 0 Å². The highest BCUT2D eigenvalue weighted by atomic mass is 16.1. The van der Waals surface area contributed by atoms with Crippen LogP contribution in [-0.2, 0) is 6.54 Å². The maximum atomic E-state index is 13.8. The van der Waals surface area contributed by atoms with Crippen LogP contribution in [-0.4, -0.2) is 14.1 Å². The first-order valence-corrected chi connectivity index (χ1v) is 9.56. The fraction of sp³-hybridized carbons (Fsp3) is 0.0400. The lowest BCUT2D eigenvalue weighted by molar-refractivity contribution is 0.783. The maximum Gasteiger partial charge on any atom is 0.276 e. The van der Waals surface area contributed by atoms with Gasteiger partial charge in [-0.1, -0.05) is 78.9 Å². The third kappa shape index (κ3) is 3.05. The van der Waals surface area contributed by atoms with Gasteiger partial charge in [0.15, 0.2) is 0 Å². The molecule has 3 aromatic carbocycles. The zero-order valence-electron chi connectivity index (χ0n) is 15.8. The first-order chi connectivity index (χ1) is 14.3. The summed E-state index contributed by atoms with van der Waals surface area (Å²) in [5.41, 5.74) is 4.52. The Kier molecular flexibility index (Phi) is 4.30. The molecule has 0 N–H and O–H groups in total. The van der Waals surface area contributed by atoms with Gasteiger partial charge in [0.1, 0.15) is 5.69 Å². The van der Waals surface area contributed by atoms with Gasteiger partial charge in [-0.2, -0.15) is 0 Å². The van der Waals surface area contributed by atoms with Crippen LogP contribution in [0.3, 0.4) is 0 Å². The zero-order valence-corrected chi connectivity index (χ0v) is 15.8. The molecule has 0 aliphatic heterocycles. The third-order valence-electron chi connectivity index (χ3n) is 5.16. The summed E-state index contributed by atoms with van der Waals surface area (Å²) < 4.78 is 3.67. The standard InChI is InChI=1S/C25H19N3O/c29-25-24(27-16-15-26-18-27)23(20-11-5-2-6-12-20)21-13-7-8-14-22(21)28(25)17-19-9-3-1-4-10-19/h1-16,18H,17H2. The zero-order chi connectivity index (χ0) is 19.6. The Bertz CT molecular complexity index is 1320. The van der Waals surface area contributed by atoms with Crippen molar-refractivity contribution < 1.29 is 0 Å². The van der Waals surface area contributed by atoms with Crippen LogP contribution < -0.4 is 5.56 Å². The van der Waals surface area contributed by atoms with Crippen molar-refractivity contribution in [2.75, 3.05) is 0 Å². The molecule has 0 radical (unpaired) electrons. The van der Waals surface area contributed by atoms with Gasteiger partial charge in [0.2, 0.25) is 0 Å². The minimum atomic E-state index is -0.0376. The Labute approximate surface area is 168 Å². The molecule has 4 heteroatoms. The van der Waals surface area contributed by atoms with Gasteiger partial charge in [-0.05, 0) is 17.2 Å². The Morgan fingerprint density at radius 3 is 2.21 bits per heavy atom. The molecule has 0 spiro atoms. The normalized spacial score (nSPS) is 11.0. The number of rotatable bonds is 4. The smallest absolute Gasteiger partial charge is 0.276 e. The van der Waals surface area contributed by atoms with E-state index in [1.54, 1.807) is 12.5 Å². The van der Waals surface area contributed by atoms with Crippen LogP contribution in [0, 0.1) is 0 Å². The largest absolute Gasteiger partial charge is 0.302 e. The molecule has 140 valence electrons. The lowest BCUT2D eigenvalue weighted by Crippen LogP contribution is -2.26. The van der Waals surface area contributed by atoms with Crippen molar-refractivity contribution in [2.24, 2.45) is 0 Å². The molecule has 29 heavy (non-hydrogen) atoms. The summed E-state index contributed by atoms with van der Waals surface area (Å²) in [4.78, 5) is 18.0. The number of hydrogen-bond donors (Lipinski definition) is 0. The van der Waals surface area contributed by atoms with Gasteiger partial charge >= 0.3 is 0 Å². The second-order valence-corrected chi connectivity index (χ2v) is 6.95. The van der Waals surface area contributed by atoms with Gasteiger partial charge in [0.05, 0.1) is 18.4 Å². The predicted octanol–water partition coefficient (Wildman–Crippen LogP) is 4.90. The molecule has 5 aromatic rings. The molecule has 0 unspecified atom stereocenters. The van der Waals surface area contributed by atoms with Crippen LogP contribution in [0.5, 0.6) is 0 Å². The molecule has 0 bridgehead atoms. The lowest BCUT2D eigenvalue weighted by atomic mass is 9.98. The molecular weight excluding hydrogens is 358 g/mol. The van der Waals surface area contributed by atoms with E-state index in [0.717, 1.165) is 27.6 Å². The Balaban J connectivity index is 1.89. The number of para-hydroxylation sites is 1. The van der Waals surface area contributed by atoms with Crippen LogP contribution in [0.1, 0.15) is 5.56 Å². The third-order valence-corrected chi connectivity index (χ3v) is 5.16. The quantitative estimate of drug-likeness (QED) is 0.447. The minimum absolute atomic E-state index is 0.0376. The van der Waals surface area contributed by atoms with Crippen molar-refractivity contribution >= 4 is 10.9 Å². The molecule has 0 saturated carbocycles. The van der Waals surface area contributed by atoms with E-state index in [2.05, 4.69) is 11.1 Å². The Hall–Kier alpha value is -3.92. The summed E-state index contributed by atoms with van der Waals surface area (Å²) in [5, 5.41) is 1.04. The topological polar surface area (TPSA) is 39.8 Å². The van der Waals surface area contributed by atoms with E-state index in [1.807, 2.05) is 94.2 Å². The van der Waals surface area contributed by atoms with Crippen LogP contribution >= 0.6 is 0 Å². The lowest BCUT2D eigenvalue weighted by Gasteiger charge is -2.19. The average molecular weight is 377 g/mol. The molecule has 0 fully saturated rings. The van der Waals surface area contributed by atoms with E-state index in [0.29, 0.717) is 12.2 Å². The van der Waals surface area contributed by atoms with Gasteiger partial charge in [-0.25, -0.2) is 4.98 Å². The molecule has 0 amide bonds. The van der Waals surface area contributed by atoms with Gasteiger partial charge in [0.25, 0.3) is 5.56 Å². The fourth-order valence-corrected chi connectivity index (χ4v) is 3.84. The summed E-state index contributed by atoms with van der Waals surface area (Å²) in [7, 11) is 0. The molecule has 0 saturated heterocycles. The highest BCUT2D eigenvalue weighted by molar-refractivity contribution is 5.98. The van der Waals surface area contributed by atoms with E-state index in [-0.39, 0.29) is 5.56 Å². The number of pyridine rings is 1. The summed E-state index contributed by atoms with van der Waals surface area (Å²) in [5.74, 6) is 0. The first kappa shape index (κ1) is 17.2. The minimum Gasteiger partial charge on any atom is -0.302 e.